The molecule has 2 N–H and O–H groups in total. The number of aromatic carboxylic acids is 1. The third-order valence-corrected chi connectivity index (χ3v) is 3.61. The molecule has 1 fully saturated rings. The van der Waals surface area contributed by atoms with Gasteiger partial charge >= 0.3 is 5.97 Å². The van der Waals surface area contributed by atoms with Gasteiger partial charge in [-0.25, -0.2) is 4.79 Å². The molecular weight excluding hydrogens is 272 g/mol. The van der Waals surface area contributed by atoms with Crippen LogP contribution in [0.4, 0.5) is 0 Å². The smallest absolute Gasteiger partial charge is 0.335 e. The Balaban J connectivity index is 1.73. The predicted molar refractivity (Wildman–Crippen MR) is 78.8 cm³/mol. The number of piperazine rings is 1. The fourth-order valence-electron chi connectivity index (χ4n) is 2.27. The highest BCUT2D eigenvalue weighted by Gasteiger charge is 2.17. The van der Waals surface area contributed by atoms with E-state index in [0.29, 0.717) is 12.3 Å². The molecule has 0 saturated carbocycles. The topological polar surface area (TPSA) is 73.2 Å². The van der Waals surface area contributed by atoms with E-state index in [2.05, 4.69) is 16.8 Å². The lowest BCUT2D eigenvalue weighted by molar-refractivity contribution is 0.0504. The molecule has 2 rings (SSSR count). The van der Waals surface area contributed by atoms with Crippen LogP contribution in [-0.2, 0) is 0 Å². The molecule has 1 atom stereocenters. The fraction of sp³-hybridized carbons (Fsp3) is 0.533. The zero-order valence-corrected chi connectivity index (χ0v) is 12.2. The van der Waals surface area contributed by atoms with Gasteiger partial charge in [-0.1, -0.05) is 0 Å². The van der Waals surface area contributed by atoms with E-state index in [1.807, 2.05) is 0 Å². The molecular formula is C15H22N2O4. The minimum Gasteiger partial charge on any atom is -0.491 e. The van der Waals surface area contributed by atoms with Gasteiger partial charge in [-0.2, -0.15) is 0 Å². The molecule has 21 heavy (non-hydrogen) atoms. The zero-order valence-electron chi connectivity index (χ0n) is 12.2. The van der Waals surface area contributed by atoms with Gasteiger partial charge in [-0.15, -0.1) is 0 Å². The van der Waals surface area contributed by atoms with Crippen molar-refractivity contribution >= 4 is 5.97 Å². The first-order valence-electron chi connectivity index (χ1n) is 7.09. The zero-order chi connectivity index (χ0) is 15.2. The van der Waals surface area contributed by atoms with Crippen LogP contribution in [0.15, 0.2) is 24.3 Å². The van der Waals surface area contributed by atoms with Gasteiger partial charge in [0, 0.05) is 32.7 Å². The highest BCUT2D eigenvalue weighted by molar-refractivity contribution is 5.87. The average Bonchev–Trinajstić information content (AvgIpc) is 2.48. The summed E-state index contributed by atoms with van der Waals surface area (Å²) >= 11 is 0. The van der Waals surface area contributed by atoms with Crippen LogP contribution in [0, 0.1) is 0 Å². The summed E-state index contributed by atoms with van der Waals surface area (Å²) in [5, 5.41) is 18.8. The van der Waals surface area contributed by atoms with Crippen molar-refractivity contribution in [1.82, 2.24) is 9.80 Å². The van der Waals surface area contributed by atoms with E-state index in [4.69, 9.17) is 9.84 Å². The quantitative estimate of drug-likeness (QED) is 0.790. The van der Waals surface area contributed by atoms with Crippen LogP contribution in [-0.4, -0.2) is 78.5 Å². The summed E-state index contributed by atoms with van der Waals surface area (Å²) in [5.74, 6) is -0.394. The number of β-amino-alcohol motifs (C(OH)–C–C–N with tert-alkyl or cyclic N) is 1. The van der Waals surface area contributed by atoms with Gasteiger partial charge in [0.1, 0.15) is 18.5 Å². The van der Waals surface area contributed by atoms with E-state index in [0.717, 1.165) is 26.2 Å². The second-order valence-corrected chi connectivity index (χ2v) is 5.40. The van der Waals surface area contributed by atoms with Crippen LogP contribution in [0.25, 0.3) is 0 Å². The van der Waals surface area contributed by atoms with E-state index in [1.54, 1.807) is 12.1 Å². The second kappa shape index (κ2) is 7.40. The Hall–Kier alpha value is -1.63. The number of carboxylic acid groups (broad SMARTS) is 1. The Morgan fingerprint density at radius 2 is 1.86 bits per heavy atom. The molecule has 116 valence electrons. The Bertz CT molecular complexity index is 455. The highest BCUT2D eigenvalue weighted by Crippen LogP contribution is 2.12. The summed E-state index contributed by atoms with van der Waals surface area (Å²) in [6.45, 7) is 4.76. The van der Waals surface area contributed by atoms with Gasteiger partial charge in [0.05, 0.1) is 5.56 Å². The number of carbonyl (C=O) groups is 1. The summed E-state index contributed by atoms with van der Waals surface area (Å²) in [7, 11) is 2.09. The number of ether oxygens (including phenoxy) is 1. The minimum atomic E-state index is -0.961. The summed E-state index contributed by atoms with van der Waals surface area (Å²) in [6, 6.07) is 6.19. The van der Waals surface area contributed by atoms with Crippen molar-refractivity contribution in [2.24, 2.45) is 0 Å². The first-order valence-corrected chi connectivity index (χ1v) is 7.09. The van der Waals surface area contributed by atoms with Crippen LogP contribution < -0.4 is 4.74 Å². The van der Waals surface area contributed by atoms with Crippen LogP contribution in [0.1, 0.15) is 10.4 Å². The maximum Gasteiger partial charge on any atom is 0.335 e. The van der Waals surface area contributed by atoms with Crippen molar-refractivity contribution in [3.63, 3.8) is 0 Å². The van der Waals surface area contributed by atoms with Crippen LogP contribution >= 0.6 is 0 Å². The van der Waals surface area contributed by atoms with E-state index in [9.17, 15) is 9.90 Å². The van der Waals surface area contributed by atoms with Crippen molar-refractivity contribution in [3.8, 4) is 5.75 Å². The SMILES string of the molecule is CN1CCN(C[C@@H](O)COc2ccc(C(=O)O)cc2)CC1. The van der Waals surface area contributed by atoms with E-state index in [-0.39, 0.29) is 12.2 Å². The first kappa shape index (κ1) is 15.8. The van der Waals surface area contributed by atoms with Gasteiger partial charge in [0.2, 0.25) is 0 Å². The number of carboxylic acids is 1. The van der Waals surface area contributed by atoms with Crippen molar-refractivity contribution < 1.29 is 19.7 Å². The second-order valence-electron chi connectivity index (χ2n) is 5.40. The number of aliphatic hydroxyl groups is 1. The Morgan fingerprint density at radius 3 is 2.43 bits per heavy atom. The Labute approximate surface area is 124 Å². The normalized spacial score (nSPS) is 18.4. The first-order chi connectivity index (χ1) is 10.0. The monoisotopic (exact) mass is 294 g/mol. The predicted octanol–water partition coefficient (Wildman–Crippen LogP) is 0.372. The van der Waals surface area contributed by atoms with E-state index >= 15 is 0 Å². The lowest BCUT2D eigenvalue weighted by Gasteiger charge is -2.33. The van der Waals surface area contributed by atoms with Gasteiger partial charge in [0.15, 0.2) is 0 Å². The van der Waals surface area contributed by atoms with Gasteiger partial charge < -0.3 is 19.8 Å². The molecule has 1 aliphatic heterocycles. The molecule has 0 aromatic heterocycles. The van der Waals surface area contributed by atoms with Crippen molar-refractivity contribution in [2.45, 2.75) is 6.10 Å². The largest absolute Gasteiger partial charge is 0.491 e. The summed E-state index contributed by atoms with van der Waals surface area (Å²) < 4.78 is 5.49. The number of likely N-dealkylation sites (N-methyl/N-ethyl adjacent to an activating group) is 1. The van der Waals surface area contributed by atoms with Gasteiger partial charge in [0.25, 0.3) is 0 Å². The van der Waals surface area contributed by atoms with Gasteiger partial charge in [-0.05, 0) is 31.3 Å². The molecule has 6 nitrogen and oxygen atoms in total. The van der Waals surface area contributed by atoms with Crippen molar-refractivity contribution in [1.29, 1.82) is 0 Å². The van der Waals surface area contributed by atoms with Crippen molar-refractivity contribution in [2.75, 3.05) is 46.4 Å². The van der Waals surface area contributed by atoms with Crippen LogP contribution in [0.3, 0.4) is 0 Å². The number of benzene rings is 1. The molecule has 1 heterocycles. The van der Waals surface area contributed by atoms with Crippen LogP contribution in [0.5, 0.6) is 5.75 Å². The number of hydrogen-bond donors (Lipinski definition) is 2. The maximum absolute atomic E-state index is 10.7. The molecule has 6 heteroatoms. The number of rotatable bonds is 6. The lowest BCUT2D eigenvalue weighted by atomic mass is 10.2. The van der Waals surface area contributed by atoms with E-state index in [1.165, 1.54) is 12.1 Å². The molecule has 0 unspecified atom stereocenters. The third kappa shape index (κ3) is 5.00. The average molecular weight is 294 g/mol. The molecule has 0 amide bonds. The highest BCUT2D eigenvalue weighted by atomic mass is 16.5. The molecule has 0 radical (unpaired) electrons. The minimum absolute atomic E-state index is 0.207. The standard InChI is InChI=1S/C15H22N2O4/c1-16-6-8-17(9-7-16)10-13(18)11-21-14-4-2-12(3-5-14)15(19)20/h2-5,13,18H,6-11H2,1H3,(H,19,20)/t13-/m1/s1. The number of nitrogens with zero attached hydrogens (tertiary/aromatic N) is 2. The van der Waals surface area contributed by atoms with E-state index < -0.39 is 12.1 Å². The van der Waals surface area contributed by atoms with Gasteiger partial charge in [-0.3, -0.25) is 4.90 Å². The molecule has 1 aliphatic rings. The fourth-order valence-corrected chi connectivity index (χ4v) is 2.27. The summed E-state index contributed by atoms with van der Waals surface area (Å²) in [6.07, 6.45) is -0.549. The molecule has 0 aliphatic carbocycles. The number of hydrogen-bond acceptors (Lipinski definition) is 5. The molecule has 0 bridgehead atoms. The number of aliphatic hydroxyl groups excluding tert-OH is 1. The summed E-state index contributed by atoms with van der Waals surface area (Å²) in [4.78, 5) is 15.2. The maximum atomic E-state index is 10.7. The molecule has 1 saturated heterocycles. The molecule has 1 aromatic rings. The Morgan fingerprint density at radius 1 is 1.24 bits per heavy atom. The van der Waals surface area contributed by atoms with Crippen molar-refractivity contribution in [3.05, 3.63) is 29.8 Å². The lowest BCUT2D eigenvalue weighted by Crippen LogP contribution is -2.47. The molecule has 0 spiro atoms. The molecule has 1 aromatic carbocycles. The summed E-state index contributed by atoms with van der Waals surface area (Å²) in [5.41, 5.74) is 0.223. The van der Waals surface area contributed by atoms with Crippen LogP contribution in [0.2, 0.25) is 0 Å². The third-order valence-electron chi connectivity index (χ3n) is 3.61. The Kier molecular flexibility index (Phi) is 5.55.